The highest BCUT2D eigenvalue weighted by atomic mass is 32.2. The van der Waals surface area contributed by atoms with Crippen molar-refractivity contribution in [3.8, 4) is 0 Å². The van der Waals surface area contributed by atoms with Gasteiger partial charge in [-0.25, -0.2) is 4.98 Å². The predicted molar refractivity (Wildman–Crippen MR) is 102 cm³/mol. The summed E-state index contributed by atoms with van der Waals surface area (Å²) in [5, 5.41) is 12.3. The number of aromatic nitrogens is 3. The molecule has 5 nitrogen and oxygen atoms in total. The number of nitrogens with zero attached hydrogens (tertiary/aromatic N) is 3. The average molecular weight is 379 g/mol. The van der Waals surface area contributed by atoms with Crippen LogP contribution in [0.2, 0.25) is 0 Å². The molecule has 126 valence electrons. The number of benzene rings is 1. The van der Waals surface area contributed by atoms with Crippen molar-refractivity contribution in [2.75, 3.05) is 5.32 Å². The third-order valence-corrected chi connectivity index (χ3v) is 6.98. The first-order chi connectivity index (χ1) is 11.6. The molecule has 0 aliphatic rings. The van der Waals surface area contributed by atoms with E-state index in [2.05, 4.69) is 34.3 Å². The van der Waals surface area contributed by atoms with E-state index >= 15 is 0 Å². The van der Waals surface area contributed by atoms with Crippen molar-refractivity contribution in [2.24, 2.45) is 0 Å². The first-order valence-corrected chi connectivity index (χ1v) is 10.2. The number of hydrogen-bond donors (Lipinski definition) is 1. The number of anilines is 1. The lowest BCUT2D eigenvalue weighted by molar-refractivity contribution is -0.115. The molecule has 0 saturated carbocycles. The van der Waals surface area contributed by atoms with Crippen LogP contribution in [0, 0.1) is 0 Å². The minimum absolute atomic E-state index is 0.0480. The Morgan fingerprint density at radius 3 is 2.71 bits per heavy atom. The van der Waals surface area contributed by atoms with Gasteiger partial charge in [-0.2, -0.15) is 0 Å². The van der Waals surface area contributed by atoms with Gasteiger partial charge in [-0.05, 0) is 18.6 Å². The molecule has 0 saturated heterocycles. The summed E-state index contributed by atoms with van der Waals surface area (Å²) in [4.78, 5) is 17.1. The fraction of sp³-hybridized carbons (Fsp3) is 0.375. The Labute approximate surface area is 152 Å². The molecule has 1 aromatic carbocycles. The highest BCUT2D eigenvalue weighted by Crippen LogP contribution is 2.33. The first-order valence-electron chi connectivity index (χ1n) is 7.73. The van der Waals surface area contributed by atoms with Crippen LogP contribution in [0.5, 0.6) is 0 Å². The molecular weight excluding hydrogens is 360 g/mol. The fourth-order valence-corrected chi connectivity index (χ4v) is 5.03. The van der Waals surface area contributed by atoms with Crippen molar-refractivity contribution in [1.29, 1.82) is 0 Å². The standard InChI is InChI=1S/C16H18N4OS3/c1-4-11(13(21)18-15-20-19-14(24-15)9(2)3)22-16-17-10-7-5-6-8-12(10)23-16/h5-9,11H,4H2,1-3H3,(H,18,20,21)/t11-/m1/s1. The molecule has 3 rings (SSSR count). The van der Waals surface area contributed by atoms with E-state index in [0.717, 1.165) is 26.0 Å². The number of fused-ring (bicyclic) bond motifs is 1. The molecule has 8 heteroatoms. The van der Waals surface area contributed by atoms with E-state index in [9.17, 15) is 4.79 Å². The molecule has 0 aliphatic carbocycles. The summed E-state index contributed by atoms with van der Waals surface area (Å²) in [6, 6.07) is 8.02. The van der Waals surface area contributed by atoms with Gasteiger partial charge in [0.1, 0.15) is 5.01 Å². The summed E-state index contributed by atoms with van der Waals surface area (Å²) < 4.78 is 2.05. The molecule has 0 unspecified atom stereocenters. The summed E-state index contributed by atoms with van der Waals surface area (Å²) in [6.07, 6.45) is 0.724. The number of rotatable bonds is 6. The van der Waals surface area contributed by atoms with Crippen LogP contribution in [-0.2, 0) is 4.79 Å². The van der Waals surface area contributed by atoms with E-state index in [1.807, 2.05) is 31.2 Å². The maximum Gasteiger partial charge on any atom is 0.239 e. The molecule has 0 fully saturated rings. The van der Waals surface area contributed by atoms with Crippen molar-refractivity contribution < 1.29 is 4.79 Å². The largest absolute Gasteiger partial charge is 0.300 e. The number of nitrogens with one attached hydrogen (secondary N) is 1. The third-order valence-electron chi connectivity index (χ3n) is 3.35. The van der Waals surface area contributed by atoms with E-state index < -0.39 is 0 Å². The van der Waals surface area contributed by atoms with Crippen LogP contribution in [0.25, 0.3) is 10.2 Å². The molecule has 1 amide bonds. The zero-order valence-electron chi connectivity index (χ0n) is 13.6. The maximum absolute atomic E-state index is 12.5. The number of thiazole rings is 1. The highest BCUT2D eigenvalue weighted by molar-refractivity contribution is 8.02. The quantitative estimate of drug-likeness (QED) is 0.625. The summed E-state index contributed by atoms with van der Waals surface area (Å²) in [6.45, 7) is 6.12. The summed E-state index contributed by atoms with van der Waals surface area (Å²) in [7, 11) is 0. The monoisotopic (exact) mass is 378 g/mol. The van der Waals surface area contributed by atoms with E-state index in [-0.39, 0.29) is 11.2 Å². The second-order valence-electron chi connectivity index (χ2n) is 5.55. The molecule has 0 spiro atoms. The van der Waals surface area contributed by atoms with Gasteiger partial charge in [-0.15, -0.1) is 21.5 Å². The minimum Gasteiger partial charge on any atom is -0.300 e. The van der Waals surface area contributed by atoms with Crippen molar-refractivity contribution in [2.45, 2.75) is 42.7 Å². The molecule has 3 aromatic rings. The number of para-hydroxylation sites is 1. The summed E-state index contributed by atoms with van der Waals surface area (Å²) in [5.41, 5.74) is 0.978. The SMILES string of the molecule is CC[C@@H](Sc1nc2ccccc2s1)C(=O)Nc1nnc(C(C)C)s1. The van der Waals surface area contributed by atoms with Gasteiger partial charge in [0, 0.05) is 5.92 Å². The van der Waals surface area contributed by atoms with Crippen LogP contribution in [0.4, 0.5) is 5.13 Å². The number of carbonyl (C=O) groups excluding carboxylic acids is 1. The molecule has 1 N–H and O–H groups in total. The minimum atomic E-state index is -0.197. The van der Waals surface area contributed by atoms with Crippen molar-refractivity contribution in [1.82, 2.24) is 15.2 Å². The van der Waals surface area contributed by atoms with Crippen molar-refractivity contribution >= 4 is 55.7 Å². The molecular formula is C16H18N4OS3. The molecule has 2 aromatic heterocycles. The number of carbonyl (C=O) groups is 1. The Bertz CT molecular complexity index is 810. The molecule has 0 bridgehead atoms. The third kappa shape index (κ3) is 3.93. The van der Waals surface area contributed by atoms with Gasteiger partial charge in [0.2, 0.25) is 11.0 Å². The van der Waals surface area contributed by atoms with Crippen LogP contribution in [0.3, 0.4) is 0 Å². The van der Waals surface area contributed by atoms with Crippen LogP contribution in [0.15, 0.2) is 28.6 Å². The fourth-order valence-electron chi connectivity index (χ4n) is 2.05. The molecule has 2 heterocycles. The highest BCUT2D eigenvalue weighted by Gasteiger charge is 2.21. The predicted octanol–water partition coefficient (Wildman–Crippen LogP) is 4.78. The molecule has 0 aliphatic heterocycles. The Morgan fingerprint density at radius 2 is 2.04 bits per heavy atom. The topological polar surface area (TPSA) is 67.8 Å². The summed E-state index contributed by atoms with van der Waals surface area (Å²) in [5.74, 6) is 0.264. The number of hydrogen-bond acceptors (Lipinski definition) is 7. The van der Waals surface area contributed by atoms with Crippen LogP contribution in [-0.4, -0.2) is 26.3 Å². The van der Waals surface area contributed by atoms with Gasteiger partial charge in [0.05, 0.1) is 15.5 Å². The van der Waals surface area contributed by atoms with E-state index in [4.69, 9.17) is 0 Å². The van der Waals surface area contributed by atoms with Gasteiger partial charge in [0.15, 0.2) is 4.34 Å². The Balaban J connectivity index is 1.69. The molecule has 1 atom stereocenters. The second kappa shape index (κ2) is 7.58. The number of thioether (sulfide) groups is 1. The van der Waals surface area contributed by atoms with Crippen LogP contribution < -0.4 is 5.32 Å². The zero-order chi connectivity index (χ0) is 17.1. The lowest BCUT2D eigenvalue weighted by Gasteiger charge is -2.11. The Kier molecular flexibility index (Phi) is 5.47. The molecule has 24 heavy (non-hydrogen) atoms. The first kappa shape index (κ1) is 17.3. The Morgan fingerprint density at radius 1 is 1.25 bits per heavy atom. The van der Waals surface area contributed by atoms with Crippen LogP contribution in [0.1, 0.15) is 38.1 Å². The molecule has 0 radical (unpaired) electrons. The van der Waals surface area contributed by atoms with Crippen molar-refractivity contribution in [3.63, 3.8) is 0 Å². The second-order valence-corrected chi connectivity index (χ2v) is 9.04. The van der Waals surface area contributed by atoms with Gasteiger partial charge in [-0.3, -0.25) is 10.1 Å². The van der Waals surface area contributed by atoms with Gasteiger partial charge in [0.25, 0.3) is 0 Å². The van der Waals surface area contributed by atoms with Gasteiger partial charge in [-0.1, -0.05) is 56.0 Å². The zero-order valence-corrected chi connectivity index (χ0v) is 16.1. The van der Waals surface area contributed by atoms with Crippen molar-refractivity contribution in [3.05, 3.63) is 29.3 Å². The van der Waals surface area contributed by atoms with E-state index in [1.54, 1.807) is 11.3 Å². The maximum atomic E-state index is 12.5. The lowest BCUT2D eigenvalue weighted by atomic mass is 10.2. The smallest absolute Gasteiger partial charge is 0.239 e. The Hall–Kier alpha value is -1.51. The van der Waals surface area contributed by atoms with Gasteiger partial charge >= 0.3 is 0 Å². The number of amides is 1. The van der Waals surface area contributed by atoms with E-state index in [0.29, 0.717) is 11.0 Å². The van der Waals surface area contributed by atoms with E-state index in [1.165, 1.54) is 23.1 Å². The summed E-state index contributed by atoms with van der Waals surface area (Å²) >= 11 is 4.56. The van der Waals surface area contributed by atoms with Gasteiger partial charge < -0.3 is 0 Å². The average Bonchev–Trinajstić information content (AvgIpc) is 3.18. The van der Waals surface area contributed by atoms with Crippen LogP contribution >= 0.6 is 34.4 Å². The normalized spacial score (nSPS) is 12.7. The lowest BCUT2D eigenvalue weighted by Crippen LogP contribution is -2.24.